The van der Waals surface area contributed by atoms with Crippen molar-refractivity contribution in [3.8, 4) is 0 Å². The molecule has 4 N–H and O–H groups in total. The largest absolute Gasteiger partial charge is 0.323 e. The minimum atomic E-state index is 1.88. The zero-order valence-corrected chi connectivity index (χ0v) is 5.89. The molecule has 0 heterocycles. The number of rotatable bonds is 0. The number of nitrogens with one attached hydrogen (secondary N) is 2. The van der Waals surface area contributed by atoms with E-state index in [0.29, 0.717) is 0 Å². The van der Waals surface area contributed by atoms with Crippen LogP contribution in [0.1, 0.15) is 0 Å². The Morgan fingerprint density at radius 3 is 0.750 bits per heavy atom. The third-order valence-corrected chi connectivity index (χ3v) is 0. The smallest absolute Gasteiger partial charge is 0.0167 e. The van der Waals surface area contributed by atoms with Gasteiger partial charge in [0.2, 0.25) is 0 Å². The maximum absolute atomic E-state index is 6.00. The van der Waals surface area contributed by atoms with E-state index in [1.54, 1.807) is 0 Å². The molecule has 0 rings (SSSR count). The molecule has 4 nitrogen and oxygen atoms in total. The first-order valence-corrected chi connectivity index (χ1v) is 2.20. The summed E-state index contributed by atoms with van der Waals surface area (Å²) in [6.45, 7) is 0. The van der Waals surface area contributed by atoms with Gasteiger partial charge in [-0.15, -0.1) is 0 Å². The SMILES string of the molecule is CNC.CNC.OO. The Balaban J connectivity index is -0.0000000483. The van der Waals surface area contributed by atoms with Crippen LogP contribution in [0.4, 0.5) is 0 Å². The van der Waals surface area contributed by atoms with Crippen LogP contribution in [0.5, 0.6) is 0 Å². The van der Waals surface area contributed by atoms with Crippen LogP contribution in [0.15, 0.2) is 0 Å². The normalized spacial score (nSPS) is 5.25. The van der Waals surface area contributed by atoms with Gasteiger partial charge in [-0.2, -0.15) is 0 Å². The van der Waals surface area contributed by atoms with Crippen molar-refractivity contribution in [2.75, 3.05) is 28.2 Å². The van der Waals surface area contributed by atoms with Crippen LogP contribution in [0.3, 0.4) is 0 Å². The van der Waals surface area contributed by atoms with E-state index in [0.717, 1.165) is 0 Å². The highest BCUT2D eigenvalue weighted by Crippen LogP contribution is 0.984. The monoisotopic (exact) mass is 124 g/mol. The van der Waals surface area contributed by atoms with Crippen molar-refractivity contribution in [3.05, 3.63) is 0 Å². The second-order valence-electron chi connectivity index (χ2n) is 1.00. The van der Waals surface area contributed by atoms with Crippen LogP contribution in [0.2, 0.25) is 0 Å². The fraction of sp³-hybridized carbons (Fsp3) is 1.00. The first-order chi connectivity index (χ1) is 3.83. The quantitative estimate of drug-likeness (QED) is 0.264. The Bertz CT molecular complexity index is 14.0. The summed E-state index contributed by atoms with van der Waals surface area (Å²) in [6, 6.07) is 0. The highest BCUT2D eigenvalue weighted by molar-refractivity contribution is 3.91. The maximum Gasteiger partial charge on any atom is -0.0167 e. The standard InChI is InChI=1S/2C2H7N.H2O2/c2*1-3-2;1-2/h2*3H,1-2H3;1-2H. The lowest BCUT2D eigenvalue weighted by Gasteiger charge is -1.59. The second kappa shape index (κ2) is 68.9. The minimum absolute atomic E-state index is 1.88. The van der Waals surface area contributed by atoms with Crippen LogP contribution < -0.4 is 10.6 Å². The van der Waals surface area contributed by atoms with Crippen LogP contribution in [-0.4, -0.2) is 38.7 Å². The molecule has 0 aliphatic heterocycles. The van der Waals surface area contributed by atoms with Crippen molar-refractivity contribution >= 4 is 0 Å². The topological polar surface area (TPSA) is 64.5 Å². The summed E-state index contributed by atoms with van der Waals surface area (Å²) in [5.74, 6) is 0. The second-order valence-corrected chi connectivity index (χ2v) is 1.00. The van der Waals surface area contributed by atoms with Gasteiger partial charge in [0.25, 0.3) is 0 Å². The van der Waals surface area contributed by atoms with Gasteiger partial charge in [-0.3, -0.25) is 10.5 Å². The molecule has 0 saturated carbocycles. The van der Waals surface area contributed by atoms with Crippen LogP contribution in [-0.2, 0) is 0 Å². The molecule has 0 spiro atoms. The lowest BCUT2D eigenvalue weighted by Crippen LogP contribution is -1.89. The highest BCUT2D eigenvalue weighted by Gasteiger charge is 1.26. The minimum Gasteiger partial charge on any atom is -0.323 e. The van der Waals surface area contributed by atoms with E-state index >= 15 is 0 Å². The molecule has 0 bridgehead atoms. The predicted octanol–water partition coefficient (Wildman–Crippen LogP) is -0.311. The average molecular weight is 124 g/mol. The molecule has 0 aromatic carbocycles. The fourth-order valence-corrected chi connectivity index (χ4v) is 0. The molecule has 0 fully saturated rings. The van der Waals surface area contributed by atoms with Gasteiger partial charge in [-0.05, 0) is 28.2 Å². The summed E-state index contributed by atoms with van der Waals surface area (Å²) >= 11 is 0. The average Bonchev–Trinajstić information content (AvgIpc) is 1.75. The summed E-state index contributed by atoms with van der Waals surface area (Å²) < 4.78 is 0. The van der Waals surface area contributed by atoms with E-state index in [1.807, 2.05) is 28.2 Å². The zero-order valence-electron chi connectivity index (χ0n) is 5.89. The highest BCUT2D eigenvalue weighted by atomic mass is 17.0. The lowest BCUT2D eigenvalue weighted by molar-refractivity contribution is -0.176. The molecule has 0 aliphatic carbocycles. The van der Waals surface area contributed by atoms with E-state index in [2.05, 4.69) is 10.6 Å². The number of hydrogen-bond acceptors (Lipinski definition) is 4. The van der Waals surface area contributed by atoms with Gasteiger partial charge in [0.05, 0.1) is 0 Å². The summed E-state index contributed by atoms with van der Waals surface area (Å²) in [5, 5.41) is 17.5. The molecule has 0 amide bonds. The van der Waals surface area contributed by atoms with Crippen molar-refractivity contribution in [1.82, 2.24) is 10.6 Å². The Labute approximate surface area is 50.5 Å². The third-order valence-electron chi connectivity index (χ3n) is 0. The molecule has 0 atom stereocenters. The molecule has 0 radical (unpaired) electrons. The molecule has 4 heteroatoms. The van der Waals surface area contributed by atoms with Gasteiger partial charge in [-0.1, -0.05) is 0 Å². The van der Waals surface area contributed by atoms with Crippen molar-refractivity contribution in [1.29, 1.82) is 0 Å². The molecule has 0 aliphatic rings. The summed E-state index contributed by atoms with van der Waals surface area (Å²) in [7, 11) is 7.50. The van der Waals surface area contributed by atoms with E-state index in [1.165, 1.54) is 0 Å². The Kier molecular flexibility index (Phi) is 135. The maximum atomic E-state index is 6.00. The molecule has 0 saturated heterocycles. The summed E-state index contributed by atoms with van der Waals surface area (Å²) in [6.07, 6.45) is 0. The molecule has 8 heavy (non-hydrogen) atoms. The fourth-order valence-electron chi connectivity index (χ4n) is 0. The molecule has 54 valence electrons. The van der Waals surface area contributed by atoms with Crippen LogP contribution in [0.25, 0.3) is 0 Å². The van der Waals surface area contributed by atoms with E-state index in [-0.39, 0.29) is 0 Å². The Morgan fingerprint density at radius 1 is 0.750 bits per heavy atom. The molecule has 0 aromatic rings. The van der Waals surface area contributed by atoms with Crippen LogP contribution in [0, 0.1) is 0 Å². The lowest BCUT2D eigenvalue weighted by atomic mass is 11.3. The Hall–Kier alpha value is -0.160. The van der Waals surface area contributed by atoms with Gasteiger partial charge >= 0.3 is 0 Å². The molecular formula is C4H16N2O2. The van der Waals surface area contributed by atoms with E-state index in [4.69, 9.17) is 10.5 Å². The predicted molar refractivity (Wildman–Crippen MR) is 35.2 cm³/mol. The van der Waals surface area contributed by atoms with Crippen molar-refractivity contribution < 1.29 is 10.5 Å². The van der Waals surface area contributed by atoms with Gasteiger partial charge in [0.15, 0.2) is 0 Å². The first kappa shape index (κ1) is 15.7. The van der Waals surface area contributed by atoms with Crippen molar-refractivity contribution in [3.63, 3.8) is 0 Å². The van der Waals surface area contributed by atoms with Gasteiger partial charge < -0.3 is 10.6 Å². The van der Waals surface area contributed by atoms with Gasteiger partial charge in [0.1, 0.15) is 0 Å². The van der Waals surface area contributed by atoms with Crippen molar-refractivity contribution in [2.45, 2.75) is 0 Å². The van der Waals surface area contributed by atoms with Crippen LogP contribution >= 0.6 is 0 Å². The Morgan fingerprint density at radius 2 is 0.750 bits per heavy atom. The number of hydrogen-bond donors (Lipinski definition) is 4. The zero-order chi connectivity index (χ0) is 7.41. The molecule has 0 unspecified atom stereocenters. The molecule has 0 aromatic heterocycles. The van der Waals surface area contributed by atoms with E-state index in [9.17, 15) is 0 Å². The van der Waals surface area contributed by atoms with Crippen molar-refractivity contribution in [2.24, 2.45) is 0 Å². The van der Waals surface area contributed by atoms with Gasteiger partial charge in [-0.25, -0.2) is 0 Å². The summed E-state index contributed by atoms with van der Waals surface area (Å²) in [5.41, 5.74) is 0. The molecular weight excluding hydrogens is 108 g/mol. The summed E-state index contributed by atoms with van der Waals surface area (Å²) in [4.78, 5) is 0. The van der Waals surface area contributed by atoms with E-state index < -0.39 is 0 Å². The first-order valence-electron chi connectivity index (χ1n) is 2.20. The third kappa shape index (κ3) is 5340. The van der Waals surface area contributed by atoms with Gasteiger partial charge in [0, 0.05) is 0 Å².